The molecule has 3 N–H and O–H groups in total. The number of pyridine rings is 1. The molecule has 2 amide bonds. The molecule has 0 bridgehead atoms. The molecular weight excluding hydrogens is 318 g/mol. The van der Waals surface area contributed by atoms with Gasteiger partial charge < -0.3 is 20.9 Å². The summed E-state index contributed by atoms with van der Waals surface area (Å²) in [7, 11) is 4.02. The van der Waals surface area contributed by atoms with E-state index in [-0.39, 0.29) is 11.8 Å². The Bertz CT molecular complexity index is 729. The van der Waals surface area contributed by atoms with Gasteiger partial charge in [-0.2, -0.15) is 0 Å². The lowest BCUT2D eigenvalue weighted by atomic mass is 10.2. The molecule has 0 aliphatic heterocycles. The third kappa shape index (κ3) is 6.23. The Kier molecular flexibility index (Phi) is 6.47. The van der Waals surface area contributed by atoms with Crippen LogP contribution in [0.5, 0.6) is 0 Å². The number of aromatic nitrogens is 1. The van der Waals surface area contributed by atoms with Crippen molar-refractivity contribution in [3.63, 3.8) is 0 Å². The first-order valence-electron chi connectivity index (χ1n) is 7.97. The number of likely N-dealkylation sites (N-methyl/N-ethyl adjacent to an activating group) is 1. The van der Waals surface area contributed by atoms with Gasteiger partial charge >= 0.3 is 0 Å². The van der Waals surface area contributed by atoms with Crippen LogP contribution in [0.2, 0.25) is 0 Å². The molecule has 0 unspecified atom stereocenters. The number of nitrogens with one attached hydrogen (secondary N) is 3. The van der Waals surface area contributed by atoms with Crippen molar-refractivity contribution in [2.45, 2.75) is 6.92 Å². The van der Waals surface area contributed by atoms with Gasteiger partial charge in [-0.25, -0.2) is 4.98 Å². The molecule has 2 rings (SSSR count). The van der Waals surface area contributed by atoms with E-state index in [2.05, 4.69) is 25.8 Å². The average Bonchev–Trinajstić information content (AvgIpc) is 2.55. The summed E-state index contributed by atoms with van der Waals surface area (Å²) in [6, 6.07) is 10.4. The number of carbonyl (C=O) groups is 2. The average molecular weight is 341 g/mol. The van der Waals surface area contributed by atoms with Gasteiger partial charge in [0.2, 0.25) is 5.91 Å². The molecule has 0 fully saturated rings. The van der Waals surface area contributed by atoms with E-state index in [1.165, 1.54) is 6.92 Å². The number of hydrogen-bond donors (Lipinski definition) is 3. The van der Waals surface area contributed by atoms with Crippen LogP contribution in [0, 0.1) is 0 Å². The highest BCUT2D eigenvalue weighted by atomic mass is 16.2. The number of carbonyl (C=O) groups excluding carboxylic acids is 2. The minimum Gasteiger partial charge on any atom is -0.383 e. The van der Waals surface area contributed by atoms with E-state index in [9.17, 15) is 9.59 Å². The second-order valence-electron chi connectivity index (χ2n) is 5.88. The second-order valence-corrected chi connectivity index (χ2v) is 5.88. The molecule has 0 aliphatic carbocycles. The second kappa shape index (κ2) is 8.79. The molecule has 1 aromatic heterocycles. The van der Waals surface area contributed by atoms with Crippen molar-refractivity contribution in [1.82, 2.24) is 9.88 Å². The highest BCUT2D eigenvalue weighted by molar-refractivity contribution is 6.03. The number of nitrogens with zero attached hydrogens (tertiary/aromatic N) is 2. The molecule has 0 spiro atoms. The topological polar surface area (TPSA) is 86.4 Å². The van der Waals surface area contributed by atoms with Crippen LogP contribution in [0.25, 0.3) is 0 Å². The van der Waals surface area contributed by atoms with E-state index in [0.717, 1.165) is 18.8 Å². The van der Waals surface area contributed by atoms with Crippen molar-refractivity contribution in [1.29, 1.82) is 0 Å². The minimum absolute atomic E-state index is 0.164. The Morgan fingerprint density at radius 3 is 2.36 bits per heavy atom. The zero-order valence-electron chi connectivity index (χ0n) is 14.7. The third-order valence-corrected chi connectivity index (χ3v) is 3.33. The monoisotopic (exact) mass is 341 g/mol. The summed E-state index contributed by atoms with van der Waals surface area (Å²) in [5, 5.41) is 8.69. The van der Waals surface area contributed by atoms with Crippen molar-refractivity contribution in [3.8, 4) is 0 Å². The van der Waals surface area contributed by atoms with Crippen LogP contribution in [0.4, 0.5) is 17.1 Å². The van der Waals surface area contributed by atoms with E-state index < -0.39 is 0 Å². The summed E-state index contributed by atoms with van der Waals surface area (Å²) in [6.07, 6.45) is 1.64. The Morgan fingerprint density at radius 1 is 1.04 bits per heavy atom. The zero-order chi connectivity index (χ0) is 18.2. The largest absolute Gasteiger partial charge is 0.383 e. The lowest BCUT2D eigenvalue weighted by Gasteiger charge is -2.11. The number of amides is 2. The molecule has 0 saturated heterocycles. The molecule has 0 atom stereocenters. The Labute approximate surface area is 147 Å². The Hall–Kier alpha value is -2.93. The van der Waals surface area contributed by atoms with Gasteiger partial charge in [0.15, 0.2) is 0 Å². The van der Waals surface area contributed by atoms with Crippen LogP contribution >= 0.6 is 0 Å². The zero-order valence-corrected chi connectivity index (χ0v) is 14.7. The minimum atomic E-state index is -0.306. The summed E-state index contributed by atoms with van der Waals surface area (Å²) in [6.45, 7) is 3.15. The normalized spacial score (nSPS) is 10.4. The smallest absolute Gasteiger partial charge is 0.274 e. The molecule has 7 nitrogen and oxygen atoms in total. The first kappa shape index (κ1) is 18.4. The quantitative estimate of drug-likeness (QED) is 0.719. The van der Waals surface area contributed by atoms with Crippen molar-refractivity contribution in [2.75, 3.05) is 43.1 Å². The fraction of sp³-hybridized carbons (Fsp3) is 0.278. The van der Waals surface area contributed by atoms with E-state index in [4.69, 9.17) is 0 Å². The SMILES string of the molecule is CC(=O)Nc1cccc(NC(=O)c2ccc(NCCN(C)C)cn2)c1. The first-order chi connectivity index (χ1) is 11.9. The molecule has 1 aromatic carbocycles. The maximum Gasteiger partial charge on any atom is 0.274 e. The van der Waals surface area contributed by atoms with E-state index in [1.54, 1.807) is 36.5 Å². The van der Waals surface area contributed by atoms with Crippen molar-refractivity contribution in [3.05, 3.63) is 48.3 Å². The number of hydrogen-bond acceptors (Lipinski definition) is 5. The predicted molar refractivity (Wildman–Crippen MR) is 100.0 cm³/mol. The molecule has 1 heterocycles. The van der Waals surface area contributed by atoms with Crippen LogP contribution in [-0.2, 0) is 4.79 Å². The van der Waals surface area contributed by atoms with Gasteiger partial charge in [0.05, 0.1) is 11.9 Å². The van der Waals surface area contributed by atoms with Gasteiger partial charge in [-0.15, -0.1) is 0 Å². The van der Waals surface area contributed by atoms with E-state index >= 15 is 0 Å². The third-order valence-electron chi connectivity index (χ3n) is 3.33. The first-order valence-corrected chi connectivity index (χ1v) is 7.97. The summed E-state index contributed by atoms with van der Waals surface area (Å²) in [4.78, 5) is 29.6. The number of benzene rings is 1. The van der Waals surface area contributed by atoms with Gasteiger partial charge in [-0.3, -0.25) is 9.59 Å². The van der Waals surface area contributed by atoms with Gasteiger partial charge in [0.1, 0.15) is 5.69 Å². The van der Waals surface area contributed by atoms with Crippen molar-refractivity contribution in [2.24, 2.45) is 0 Å². The highest BCUT2D eigenvalue weighted by Gasteiger charge is 2.08. The van der Waals surface area contributed by atoms with Crippen LogP contribution in [0.3, 0.4) is 0 Å². The summed E-state index contributed by atoms with van der Waals surface area (Å²) >= 11 is 0. The molecule has 0 radical (unpaired) electrons. The molecule has 132 valence electrons. The maximum absolute atomic E-state index is 12.3. The van der Waals surface area contributed by atoms with Crippen molar-refractivity contribution < 1.29 is 9.59 Å². The van der Waals surface area contributed by atoms with Gasteiger partial charge in [0.25, 0.3) is 5.91 Å². The Morgan fingerprint density at radius 2 is 1.76 bits per heavy atom. The molecule has 2 aromatic rings. The Balaban J connectivity index is 1.95. The van der Waals surface area contributed by atoms with E-state index in [1.807, 2.05) is 20.2 Å². The van der Waals surface area contributed by atoms with Gasteiger partial charge in [-0.1, -0.05) is 6.07 Å². The number of anilines is 3. The molecule has 7 heteroatoms. The lowest BCUT2D eigenvalue weighted by Crippen LogP contribution is -2.21. The molecule has 0 saturated carbocycles. The van der Waals surface area contributed by atoms with Gasteiger partial charge in [0, 0.05) is 31.4 Å². The fourth-order valence-corrected chi connectivity index (χ4v) is 2.13. The van der Waals surface area contributed by atoms with Gasteiger partial charge in [-0.05, 0) is 44.4 Å². The summed E-state index contributed by atoms with van der Waals surface area (Å²) in [5.74, 6) is -0.470. The highest BCUT2D eigenvalue weighted by Crippen LogP contribution is 2.16. The molecule has 25 heavy (non-hydrogen) atoms. The summed E-state index contributed by atoms with van der Waals surface area (Å²) in [5.41, 5.74) is 2.40. The predicted octanol–water partition coefficient (Wildman–Crippen LogP) is 2.27. The van der Waals surface area contributed by atoms with E-state index in [0.29, 0.717) is 17.1 Å². The standard InChI is InChI=1S/C18H23N5O2/c1-13(24)21-14-5-4-6-15(11-14)22-18(25)17-8-7-16(12-20-17)19-9-10-23(2)3/h4-8,11-12,19H,9-10H2,1-3H3,(H,21,24)(H,22,25). The lowest BCUT2D eigenvalue weighted by molar-refractivity contribution is -0.114. The summed E-state index contributed by atoms with van der Waals surface area (Å²) < 4.78 is 0. The van der Waals surface area contributed by atoms with Crippen LogP contribution in [-0.4, -0.2) is 48.9 Å². The fourth-order valence-electron chi connectivity index (χ4n) is 2.13. The van der Waals surface area contributed by atoms with Crippen LogP contribution < -0.4 is 16.0 Å². The number of rotatable bonds is 7. The molecule has 0 aliphatic rings. The van der Waals surface area contributed by atoms with Crippen molar-refractivity contribution >= 4 is 28.9 Å². The van der Waals surface area contributed by atoms with Crippen LogP contribution in [0.1, 0.15) is 17.4 Å². The molecular formula is C18H23N5O2. The maximum atomic E-state index is 12.3. The van der Waals surface area contributed by atoms with Crippen LogP contribution in [0.15, 0.2) is 42.6 Å².